The Kier molecular flexibility index (Phi) is 4.74. The number of aromatic nitrogens is 4. The minimum Gasteiger partial charge on any atom is -0.285 e. The largest absolute Gasteiger partial charge is 0.285 e. The van der Waals surface area contributed by atoms with Gasteiger partial charge in [-0.15, -0.1) is 0 Å². The summed E-state index contributed by atoms with van der Waals surface area (Å²) in [5.41, 5.74) is 5.36. The summed E-state index contributed by atoms with van der Waals surface area (Å²) in [5, 5.41) is 1.14. The lowest BCUT2D eigenvalue weighted by molar-refractivity contribution is 0.933. The highest BCUT2D eigenvalue weighted by Crippen LogP contribution is 2.28. The highest BCUT2D eigenvalue weighted by molar-refractivity contribution is 5.86. The Labute approximate surface area is 191 Å². The van der Waals surface area contributed by atoms with Crippen molar-refractivity contribution in [2.45, 2.75) is 0 Å². The maximum absolute atomic E-state index is 4.84. The van der Waals surface area contributed by atoms with E-state index >= 15 is 0 Å². The van der Waals surface area contributed by atoms with Crippen LogP contribution >= 0.6 is 0 Å². The van der Waals surface area contributed by atoms with E-state index in [1.807, 2.05) is 77.5 Å². The molecule has 0 atom stereocenters. The Morgan fingerprint density at radius 3 is 1.58 bits per heavy atom. The molecule has 0 spiro atoms. The van der Waals surface area contributed by atoms with E-state index in [2.05, 4.69) is 48.5 Å². The number of rotatable bonds is 4. The Bertz CT molecular complexity index is 1480. The molecule has 33 heavy (non-hydrogen) atoms. The minimum absolute atomic E-state index is 0.602. The van der Waals surface area contributed by atoms with Gasteiger partial charge < -0.3 is 0 Å². The molecule has 4 heteroatoms. The molecule has 4 aromatic carbocycles. The van der Waals surface area contributed by atoms with Gasteiger partial charge in [0.05, 0.1) is 5.52 Å². The van der Waals surface area contributed by atoms with Crippen molar-refractivity contribution >= 4 is 10.9 Å². The van der Waals surface area contributed by atoms with E-state index in [1.165, 1.54) is 11.1 Å². The Morgan fingerprint density at radius 1 is 0.455 bits per heavy atom. The average molecular weight is 425 g/mol. The molecule has 6 rings (SSSR count). The first-order valence-electron chi connectivity index (χ1n) is 10.9. The molecule has 0 radical (unpaired) electrons. The SMILES string of the molecule is c1ccc(-c2ccc3c(ccn3-c3nc(-c4ccccc4)nc(-c4ccccc4)n3)c2)cc1. The van der Waals surface area contributed by atoms with Crippen molar-refractivity contribution in [2.75, 3.05) is 0 Å². The van der Waals surface area contributed by atoms with Crippen LogP contribution < -0.4 is 0 Å². The zero-order chi connectivity index (χ0) is 22.0. The van der Waals surface area contributed by atoms with E-state index in [9.17, 15) is 0 Å². The third kappa shape index (κ3) is 3.68. The fraction of sp³-hybridized carbons (Fsp3) is 0. The van der Waals surface area contributed by atoms with Gasteiger partial charge in [0.1, 0.15) is 0 Å². The van der Waals surface area contributed by atoms with Gasteiger partial charge in [0.15, 0.2) is 11.6 Å². The Hall–Kier alpha value is -4.57. The second kappa shape index (κ2) is 8.17. The summed E-state index contributed by atoms with van der Waals surface area (Å²) in [6.07, 6.45) is 2.03. The number of hydrogen-bond donors (Lipinski definition) is 0. The van der Waals surface area contributed by atoms with Crippen molar-refractivity contribution in [1.82, 2.24) is 19.5 Å². The summed E-state index contributed by atoms with van der Waals surface area (Å²) >= 11 is 0. The van der Waals surface area contributed by atoms with Crippen LogP contribution in [0, 0.1) is 0 Å². The first-order valence-corrected chi connectivity index (χ1v) is 10.9. The molecule has 0 N–H and O–H groups in total. The first kappa shape index (κ1) is 19.1. The van der Waals surface area contributed by atoms with Gasteiger partial charge in [0, 0.05) is 22.7 Å². The van der Waals surface area contributed by atoms with Crippen LogP contribution in [0.15, 0.2) is 121 Å². The standard InChI is InChI=1S/C29H20N4/c1-4-10-21(11-5-1)24-16-17-26-25(20-24)18-19-33(26)29-31-27(22-12-6-2-7-13-22)30-28(32-29)23-14-8-3-9-15-23/h1-20H. The van der Waals surface area contributed by atoms with Crippen molar-refractivity contribution in [2.24, 2.45) is 0 Å². The van der Waals surface area contributed by atoms with Crippen LogP contribution in [-0.2, 0) is 0 Å². The fourth-order valence-electron chi connectivity index (χ4n) is 4.03. The minimum atomic E-state index is 0.602. The number of benzene rings is 4. The molecular formula is C29H20N4. The fourth-order valence-corrected chi connectivity index (χ4v) is 4.03. The van der Waals surface area contributed by atoms with Gasteiger partial charge in [-0.25, -0.2) is 4.98 Å². The lowest BCUT2D eigenvalue weighted by Gasteiger charge is -2.10. The molecule has 0 aliphatic rings. The molecule has 0 aliphatic carbocycles. The van der Waals surface area contributed by atoms with Gasteiger partial charge in [-0.1, -0.05) is 97.1 Å². The van der Waals surface area contributed by atoms with Crippen LogP contribution in [0.5, 0.6) is 0 Å². The van der Waals surface area contributed by atoms with Crippen molar-refractivity contribution in [3.05, 3.63) is 121 Å². The molecule has 4 nitrogen and oxygen atoms in total. The summed E-state index contributed by atoms with van der Waals surface area (Å²) in [6.45, 7) is 0. The Balaban J connectivity index is 1.51. The lowest BCUT2D eigenvalue weighted by atomic mass is 10.0. The van der Waals surface area contributed by atoms with Crippen LogP contribution in [0.25, 0.3) is 50.8 Å². The molecule has 6 aromatic rings. The van der Waals surface area contributed by atoms with Gasteiger partial charge in [-0.05, 0) is 29.3 Å². The topological polar surface area (TPSA) is 43.6 Å². The highest BCUT2D eigenvalue weighted by Gasteiger charge is 2.13. The summed E-state index contributed by atoms with van der Waals surface area (Å²) in [4.78, 5) is 14.5. The van der Waals surface area contributed by atoms with Crippen molar-refractivity contribution in [1.29, 1.82) is 0 Å². The molecule has 0 unspecified atom stereocenters. The summed E-state index contributed by atoms with van der Waals surface area (Å²) < 4.78 is 2.03. The van der Waals surface area contributed by atoms with Gasteiger partial charge >= 0.3 is 0 Å². The van der Waals surface area contributed by atoms with Crippen LogP contribution in [-0.4, -0.2) is 19.5 Å². The molecule has 0 saturated carbocycles. The van der Waals surface area contributed by atoms with Crippen LogP contribution in [0.2, 0.25) is 0 Å². The summed E-state index contributed by atoms with van der Waals surface area (Å²) in [5.74, 6) is 1.91. The van der Waals surface area contributed by atoms with E-state index < -0.39 is 0 Å². The number of hydrogen-bond acceptors (Lipinski definition) is 3. The maximum Gasteiger partial charge on any atom is 0.238 e. The third-order valence-corrected chi connectivity index (χ3v) is 5.70. The molecule has 0 saturated heterocycles. The van der Waals surface area contributed by atoms with Crippen molar-refractivity contribution in [3.8, 4) is 39.9 Å². The Morgan fingerprint density at radius 2 is 1.00 bits per heavy atom. The second-order valence-corrected chi connectivity index (χ2v) is 7.84. The zero-order valence-electron chi connectivity index (χ0n) is 17.8. The second-order valence-electron chi connectivity index (χ2n) is 7.84. The molecule has 2 heterocycles. The predicted molar refractivity (Wildman–Crippen MR) is 133 cm³/mol. The molecular weight excluding hydrogens is 404 g/mol. The quantitative estimate of drug-likeness (QED) is 0.312. The molecule has 0 aliphatic heterocycles. The maximum atomic E-state index is 4.84. The molecule has 0 fully saturated rings. The molecule has 156 valence electrons. The van der Waals surface area contributed by atoms with Gasteiger partial charge in [0.2, 0.25) is 5.95 Å². The van der Waals surface area contributed by atoms with Gasteiger partial charge in [0.25, 0.3) is 0 Å². The highest BCUT2D eigenvalue weighted by atomic mass is 15.2. The smallest absolute Gasteiger partial charge is 0.238 e. The van der Waals surface area contributed by atoms with Gasteiger partial charge in [-0.2, -0.15) is 9.97 Å². The first-order chi connectivity index (χ1) is 16.3. The van der Waals surface area contributed by atoms with Crippen LogP contribution in [0.1, 0.15) is 0 Å². The van der Waals surface area contributed by atoms with Crippen molar-refractivity contribution in [3.63, 3.8) is 0 Å². The molecule has 0 bridgehead atoms. The van der Waals surface area contributed by atoms with E-state index in [-0.39, 0.29) is 0 Å². The molecule has 0 amide bonds. The molecule has 2 aromatic heterocycles. The van der Waals surface area contributed by atoms with E-state index in [1.54, 1.807) is 0 Å². The average Bonchev–Trinajstić information content (AvgIpc) is 3.33. The summed E-state index contributed by atoms with van der Waals surface area (Å²) in [6, 6.07) is 39.1. The van der Waals surface area contributed by atoms with Crippen molar-refractivity contribution < 1.29 is 0 Å². The predicted octanol–water partition coefficient (Wildman–Crippen LogP) is 6.82. The normalized spacial score (nSPS) is 11.0. The van der Waals surface area contributed by atoms with E-state index in [4.69, 9.17) is 15.0 Å². The van der Waals surface area contributed by atoms with Crippen LogP contribution in [0.3, 0.4) is 0 Å². The number of nitrogens with zero attached hydrogens (tertiary/aromatic N) is 4. The number of fused-ring (bicyclic) bond motifs is 1. The lowest BCUT2D eigenvalue weighted by Crippen LogP contribution is -2.05. The van der Waals surface area contributed by atoms with Crippen LogP contribution in [0.4, 0.5) is 0 Å². The van der Waals surface area contributed by atoms with E-state index in [0.29, 0.717) is 17.6 Å². The third-order valence-electron chi connectivity index (χ3n) is 5.70. The zero-order valence-corrected chi connectivity index (χ0v) is 17.8. The van der Waals surface area contributed by atoms with Gasteiger partial charge in [-0.3, -0.25) is 4.57 Å². The van der Waals surface area contributed by atoms with E-state index in [0.717, 1.165) is 22.0 Å². The monoisotopic (exact) mass is 424 g/mol. The summed E-state index contributed by atoms with van der Waals surface area (Å²) in [7, 11) is 0.